The van der Waals surface area contributed by atoms with Crippen molar-refractivity contribution in [2.45, 2.75) is 25.3 Å². The highest BCUT2D eigenvalue weighted by Crippen LogP contribution is 2.32. The Morgan fingerprint density at radius 3 is 2.37 bits per heavy atom. The lowest BCUT2D eigenvalue weighted by Crippen LogP contribution is -2.32. The van der Waals surface area contributed by atoms with Crippen LogP contribution in [-0.2, 0) is 12.7 Å². The molecule has 1 aromatic carbocycles. The maximum Gasteiger partial charge on any atom is 0.416 e. The average molecular weight is 287 g/mol. The van der Waals surface area contributed by atoms with Gasteiger partial charge in [0.05, 0.1) is 5.56 Å². The Hall–Kier alpha value is -1.28. The summed E-state index contributed by atoms with van der Waals surface area (Å²) in [5, 5.41) is 11.0. The van der Waals surface area contributed by atoms with Crippen molar-refractivity contribution in [3.8, 4) is 0 Å². The number of hydrogen-bond acceptors (Lipinski definition) is 2. The van der Waals surface area contributed by atoms with Crippen LogP contribution in [0.25, 0.3) is 0 Å². The zero-order valence-corrected chi connectivity index (χ0v) is 9.52. The van der Waals surface area contributed by atoms with E-state index < -0.39 is 43.2 Å². The topological polar surface area (TPSA) is 32.3 Å². The van der Waals surface area contributed by atoms with Crippen molar-refractivity contribution in [2.75, 3.05) is 6.54 Å². The highest BCUT2D eigenvalue weighted by atomic mass is 19.4. The number of aliphatic hydroxyl groups is 1. The molecule has 0 heterocycles. The van der Waals surface area contributed by atoms with Crippen LogP contribution in [0, 0.1) is 5.82 Å². The van der Waals surface area contributed by atoms with E-state index in [2.05, 4.69) is 5.32 Å². The van der Waals surface area contributed by atoms with E-state index in [-0.39, 0.29) is 5.56 Å². The zero-order valence-electron chi connectivity index (χ0n) is 9.52. The lowest BCUT2D eigenvalue weighted by atomic mass is 10.1. The lowest BCUT2D eigenvalue weighted by molar-refractivity contribution is -0.138. The van der Waals surface area contributed by atoms with Gasteiger partial charge in [0, 0.05) is 13.1 Å². The van der Waals surface area contributed by atoms with E-state index in [0.717, 1.165) is 12.1 Å². The largest absolute Gasteiger partial charge is 0.416 e. The number of aliphatic hydroxyl groups excluding tert-OH is 1. The Morgan fingerprint density at radius 2 is 1.84 bits per heavy atom. The number of rotatable bonds is 5. The van der Waals surface area contributed by atoms with E-state index >= 15 is 0 Å². The molecule has 108 valence electrons. The standard InChI is InChI=1S/C11H11F6NO/c12-7-2-1-6(8(3-7)11(15,16)17)4-18-5-9(19)10(13)14/h1-3,9-10,18-19H,4-5H2. The second-order valence-corrected chi connectivity index (χ2v) is 3.83. The second-order valence-electron chi connectivity index (χ2n) is 3.83. The van der Waals surface area contributed by atoms with Crippen LogP contribution in [-0.4, -0.2) is 24.2 Å². The van der Waals surface area contributed by atoms with Gasteiger partial charge in [0.15, 0.2) is 0 Å². The van der Waals surface area contributed by atoms with E-state index in [9.17, 15) is 26.3 Å². The molecule has 0 bridgehead atoms. The van der Waals surface area contributed by atoms with Gasteiger partial charge in [0.25, 0.3) is 6.43 Å². The molecule has 0 aliphatic carbocycles. The lowest BCUT2D eigenvalue weighted by Gasteiger charge is -2.15. The highest BCUT2D eigenvalue weighted by molar-refractivity contribution is 5.30. The summed E-state index contributed by atoms with van der Waals surface area (Å²) in [6, 6.07) is 2.09. The zero-order chi connectivity index (χ0) is 14.6. The normalized spacial score (nSPS) is 13.9. The molecule has 1 atom stereocenters. The molecule has 0 aliphatic heterocycles. The number of hydrogen-bond donors (Lipinski definition) is 2. The van der Waals surface area contributed by atoms with Crippen LogP contribution in [0.5, 0.6) is 0 Å². The van der Waals surface area contributed by atoms with Crippen molar-refractivity contribution in [3.63, 3.8) is 0 Å². The van der Waals surface area contributed by atoms with Crippen molar-refractivity contribution in [2.24, 2.45) is 0 Å². The molecule has 1 rings (SSSR count). The van der Waals surface area contributed by atoms with Gasteiger partial charge in [-0.25, -0.2) is 13.2 Å². The van der Waals surface area contributed by atoms with E-state index in [4.69, 9.17) is 5.11 Å². The van der Waals surface area contributed by atoms with Gasteiger partial charge in [0.1, 0.15) is 11.9 Å². The third-order valence-electron chi connectivity index (χ3n) is 2.34. The fourth-order valence-corrected chi connectivity index (χ4v) is 1.41. The Kier molecular flexibility index (Phi) is 5.19. The summed E-state index contributed by atoms with van der Waals surface area (Å²) in [6.07, 6.45) is -9.68. The smallest absolute Gasteiger partial charge is 0.386 e. The van der Waals surface area contributed by atoms with E-state index in [1.54, 1.807) is 0 Å². The van der Waals surface area contributed by atoms with Gasteiger partial charge in [0.2, 0.25) is 0 Å². The van der Waals surface area contributed by atoms with E-state index in [0.29, 0.717) is 6.07 Å². The second kappa shape index (κ2) is 6.25. The molecule has 0 fully saturated rings. The molecule has 0 spiro atoms. The van der Waals surface area contributed by atoms with E-state index in [1.807, 2.05) is 0 Å². The molecule has 0 aromatic heterocycles. The average Bonchev–Trinajstić information content (AvgIpc) is 2.29. The third-order valence-corrected chi connectivity index (χ3v) is 2.34. The summed E-state index contributed by atoms with van der Waals surface area (Å²) < 4.78 is 74.4. The van der Waals surface area contributed by atoms with Gasteiger partial charge in [-0.3, -0.25) is 0 Å². The van der Waals surface area contributed by atoms with Gasteiger partial charge in [-0.1, -0.05) is 6.07 Å². The molecule has 8 heteroatoms. The molecule has 2 N–H and O–H groups in total. The first kappa shape index (κ1) is 15.8. The maximum atomic E-state index is 12.8. The molecule has 0 saturated carbocycles. The molecule has 0 radical (unpaired) electrons. The quantitative estimate of drug-likeness (QED) is 0.816. The monoisotopic (exact) mass is 287 g/mol. The first-order valence-electron chi connectivity index (χ1n) is 5.24. The summed E-state index contributed by atoms with van der Waals surface area (Å²) >= 11 is 0. The van der Waals surface area contributed by atoms with Gasteiger partial charge in [-0.15, -0.1) is 0 Å². The molecule has 0 aliphatic rings. The fraction of sp³-hybridized carbons (Fsp3) is 0.455. The minimum atomic E-state index is -4.74. The van der Waals surface area contributed by atoms with Gasteiger partial charge in [-0.2, -0.15) is 13.2 Å². The van der Waals surface area contributed by atoms with Crippen molar-refractivity contribution in [1.29, 1.82) is 0 Å². The van der Waals surface area contributed by atoms with Crippen molar-refractivity contribution >= 4 is 0 Å². The molecule has 1 aromatic rings. The highest BCUT2D eigenvalue weighted by Gasteiger charge is 2.33. The molecule has 0 amide bonds. The minimum Gasteiger partial charge on any atom is -0.386 e. The Balaban J connectivity index is 2.73. The van der Waals surface area contributed by atoms with Crippen LogP contribution in [0.4, 0.5) is 26.3 Å². The Morgan fingerprint density at radius 1 is 1.21 bits per heavy atom. The summed E-state index contributed by atoms with van der Waals surface area (Å²) in [6.45, 7) is -0.967. The van der Waals surface area contributed by atoms with Crippen LogP contribution in [0.2, 0.25) is 0 Å². The van der Waals surface area contributed by atoms with Crippen LogP contribution < -0.4 is 5.32 Å². The molecular weight excluding hydrogens is 276 g/mol. The first-order chi connectivity index (χ1) is 8.71. The van der Waals surface area contributed by atoms with Crippen LogP contribution in [0.3, 0.4) is 0 Å². The Bertz CT molecular complexity index is 420. The van der Waals surface area contributed by atoms with Gasteiger partial charge < -0.3 is 10.4 Å². The number of nitrogens with one attached hydrogen (secondary N) is 1. The van der Waals surface area contributed by atoms with Crippen LogP contribution in [0.15, 0.2) is 18.2 Å². The summed E-state index contributed by atoms with van der Waals surface area (Å²) in [5.74, 6) is -1.04. The third kappa shape index (κ3) is 4.71. The predicted octanol–water partition coefficient (Wildman–Crippen LogP) is 2.56. The van der Waals surface area contributed by atoms with Gasteiger partial charge >= 0.3 is 6.18 Å². The van der Waals surface area contributed by atoms with Crippen LogP contribution >= 0.6 is 0 Å². The van der Waals surface area contributed by atoms with E-state index in [1.165, 1.54) is 0 Å². The SMILES string of the molecule is OC(CNCc1ccc(F)cc1C(F)(F)F)C(F)F. The summed E-state index contributed by atoms with van der Waals surface area (Å²) in [7, 11) is 0. The molecule has 0 saturated heterocycles. The minimum absolute atomic E-state index is 0.282. The molecular formula is C11H11F6NO. The van der Waals surface area contributed by atoms with Crippen molar-refractivity contribution in [3.05, 3.63) is 35.1 Å². The summed E-state index contributed by atoms with van der Waals surface area (Å²) in [4.78, 5) is 0. The molecule has 2 nitrogen and oxygen atoms in total. The summed E-state index contributed by atoms with van der Waals surface area (Å²) in [5.41, 5.74) is -1.46. The number of benzene rings is 1. The van der Waals surface area contributed by atoms with Crippen LogP contribution in [0.1, 0.15) is 11.1 Å². The number of alkyl halides is 5. The predicted molar refractivity (Wildman–Crippen MR) is 55.1 cm³/mol. The Labute approximate surface area is 105 Å². The number of halogens is 6. The first-order valence-corrected chi connectivity index (χ1v) is 5.24. The maximum absolute atomic E-state index is 12.8. The fourth-order valence-electron chi connectivity index (χ4n) is 1.41. The molecule has 1 unspecified atom stereocenters. The van der Waals surface area contributed by atoms with Crippen molar-refractivity contribution in [1.82, 2.24) is 5.32 Å². The molecule has 19 heavy (non-hydrogen) atoms. The van der Waals surface area contributed by atoms with Gasteiger partial charge in [-0.05, 0) is 17.7 Å². The van der Waals surface area contributed by atoms with Crippen molar-refractivity contribution < 1.29 is 31.4 Å².